The van der Waals surface area contributed by atoms with Gasteiger partial charge in [0, 0.05) is 11.3 Å². The molecule has 3 nitrogen and oxygen atoms in total. The minimum absolute atomic E-state index is 0.0439. The third kappa shape index (κ3) is 2.84. The summed E-state index contributed by atoms with van der Waals surface area (Å²) in [5, 5.41) is 0. The number of alkyl halides is 2. The lowest BCUT2D eigenvalue weighted by molar-refractivity contribution is -0.120. The lowest BCUT2D eigenvalue weighted by atomic mass is 9.93. The van der Waals surface area contributed by atoms with Gasteiger partial charge in [0.15, 0.2) is 0 Å². The van der Waals surface area contributed by atoms with Crippen molar-refractivity contribution in [2.45, 2.75) is 31.9 Å². The molecule has 120 valence electrons. The van der Waals surface area contributed by atoms with Crippen LogP contribution in [0.5, 0.6) is 0 Å². The number of carbonyl (C=O) groups is 1. The second-order valence-electron chi connectivity index (χ2n) is 5.79. The number of hydrogen-bond donors (Lipinski definition) is 1. The van der Waals surface area contributed by atoms with E-state index in [1.54, 1.807) is 11.0 Å². The number of anilines is 1. The van der Waals surface area contributed by atoms with Crippen molar-refractivity contribution in [2.24, 2.45) is 5.73 Å². The minimum atomic E-state index is -2.53. The number of nitrogens with two attached hydrogens (primary N) is 1. The Morgan fingerprint density at radius 1 is 1.13 bits per heavy atom. The molecule has 0 aliphatic carbocycles. The lowest BCUT2D eigenvalue weighted by Crippen LogP contribution is -2.49. The lowest BCUT2D eigenvalue weighted by Gasteiger charge is -2.37. The third-order valence-electron chi connectivity index (χ3n) is 4.28. The van der Waals surface area contributed by atoms with Crippen molar-refractivity contribution in [3.05, 3.63) is 65.2 Å². The van der Waals surface area contributed by atoms with E-state index in [4.69, 9.17) is 5.73 Å². The Balaban J connectivity index is 2.05. The fourth-order valence-corrected chi connectivity index (χ4v) is 3.04. The quantitative estimate of drug-likeness (QED) is 0.940. The molecule has 0 saturated carbocycles. The van der Waals surface area contributed by atoms with Crippen LogP contribution in [0.1, 0.15) is 36.1 Å². The van der Waals surface area contributed by atoms with E-state index in [9.17, 15) is 13.6 Å². The summed E-state index contributed by atoms with van der Waals surface area (Å²) in [4.78, 5) is 14.2. The Labute approximate surface area is 133 Å². The van der Waals surface area contributed by atoms with Crippen molar-refractivity contribution in [2.75, 3.05) is 4.90 Å². The molecule has 1 amide bonds. The molecule has 2 atom stereocenters. The average molecular weight is 316 g/mol. The smallest absolute Gasteiger partial charge is 0.263 e. The predicted octanol–water partition coefficient (Wildman–Crippen LogP) is 3.60. The molecular formula is C18H18F2N2O. The normalized spacial score (nSPS) is 18.9. The highest BCUT2D eigenvalue weighted by molar-refractivity contribution is 6.00. The van der Waals surface area contributed by atoms with Crippen LogP contribution < -0.4 is 10.6 Å². The van der Waals surface area contributed by atoms with Gasteiger partial charge in [0.2, 0.25) is 5.91 Å². The highest BCUT2D eigenvalue weighted by Crippen LogP contribution is 2.36. The molecule has 23 heavy (non-hydrogen) atoms. The van der Waals surface area contributed by atoms with Gasteiger partial charge in [-0.3, -0.25) is 4.79 Å². The van der Waals surface area contributed by atoms with E-state index in [0.717, 1.165) is 5.56 Å². The second kappa shape index (κ2) is 6.08. The minimum Gasteiger partial charge on any atom is -0.320 e. The van der Waals surface area contributed by atoms with Crippen LogP contribution in [-0.4, -0.2) is 11.9 Å². The van der Waals surface area contributed by atoms with E-state index in [0.29, 0.717) is 11.3 Å². The van der Waals surface area contributed by atoms with Gasteiger partial charge >= 0.3 is 0 Å². The first-order valence-corrected chi connectivity index (χ1v) is 7.53. The van der Waals surface area contributed by atoms with Gasteiger partial charge in [-0.05, 0) is 36.6 Å². The van der Waals surface area contributed by atoms with Crippen molar-refractivity contribution >= 4 is 11.6 Å². The number of hydrogen-bond acceptors (Lipinski definition) is 2. The standard InChI is InChI=1S/C18H18F2N2O/c1-11(12-5-3-2-4-6-12)22-16-8-7-13(17(19)20)9-14(16)10-15(21)18(22)23/h2-9,11,15,17H,10,21H2,1H3/t11-,15+/m0/s1. The molecule has 0 unspecified atom stereocenters. The summed E-state index contributed by atoms with van der Waals surface area (Å²) in [6, 6.07) is 13.1. The van der Waals surface area contributed by atoms with E-state index < -0.39 is 12.5 Å². The van der Waals surface area contributed by atoms with Gasteiger partial charge in [-0.2, -0.15) is 0 Å². The Bertz CT molecular complexity index is 718. The molecule has 0 aromatic heterocycles. The molecule has 0 saturated heterocycles. The molecule has 0 fully saturated rings. The number of carbonyl (C=O) groups excluding carboxylic acids is 1. The molecular weight excluding hydrogens is 298 g/mol. The van der Waals surface area contributed by atoms with E-state index in [1.165, 1.54) is 12.1 Å². The fraction of sp³-hybridized carbons (Fsp3) is 0.278. The van der Waals surface area contributed by atoms with Gasteiger partial charge in [-0.25, -0.2) is 8.78 Å². The highest BCUT2D eigenvalue weighted by atomic mass is 19.3. The van der Waals surface area contributed by atoms with Crippen molar-refractivity contribution in [3.63, 3.8) is 0 Å². The van der Waals surface area contributed by atoms with Crippen LogP contribution >= 0.6 is 0 Å². The van der Waals surface area contributed by atoms with E-state index in [2.05, 4.69) is 0 Å². The number of amides is 1. The summed E-state index contributed by atoms with van der Waals surface area (Å²) in [7, 11) is 0. The van der Waals surface area contributed by atoms with Crippen LogP contribution in [0.15, 0.2) is 48.5 Å². The van der Waals surface area contributed by atoms with E-state index in [-0.39, 0.29) is 23.9 Å². The number of nitrogens with zero attached hydrogens (tertiary/aromatic N) is 1. The van der Waals surface area contributed by atoms with Gasteiger partial charge in [0.1, 0.15) is 0 Å². The average Bonchev–Trinajstić information content (AvgIpc) is 2.56. The van der Waals surface area contributed by atoms with Gasteiger partial charge in [0.25, 0.3) is 6.43 Å². The first-order chi connectivity index (χ1) is 11.0. The number of rotatable bonds is 3. The van der Waals surface area contributed by atoms with Crippen molar-refractivity contribution < 1.29 is 13.6 Å². The first kappa shape index (κ1) is 15.6. The van der Waals surface area contributed by atoms with Gasteiger partial charge in [-0.15, -0.1) is 0 Å². The zero-order chi connectivity index (χ0) is 16.6. The zero-order valence-corrected chi connectivity index (χ0v) is 12.7. The van der Waals surface area contributed by atoms with Crippen LogP contribution in [0.4, 0.5) is 14.5 Å². The molecule has 3 rings (SSSR count). The van der Waals surface area contributed by atoms with Crippen LogP contribution in [0.2, 0.25) is 0 Å². The Morgan fingerprint density at radius 3 is 2.48 bits per heavy atom. The van der Waals surface area contributed by atoms with E-state index >= 15 is 0 Å². The second-order valence-corrected chi connectivity index (χ2v) is 5.79. The van der Waals surface area contributed by atoms with Gasteiger partial charge in [-0.1, -0.05) is 36.4 Å². The van der Waals surface area contributed by atoms with Crippen LogP contribution in [0.25, 0.3) is 0 Å². The fourth-order valence-electron chi connectivity index (χ4n) is 3.04. The molecule has 2 N–H and O–H groups in total. The molecule has 5 heteroatoms. The SMILES string of the molecule is C[C@@H](c1ccccc1)N1C(=O)[C@H](N)Cc2cc(C(F)F)ccc21. The molecule has 0 bridgehead atoms. The molecule has 1 aliphatic rings. The summed E-state index contributed by atoms with van der Waals surface area (Å²) in [6.45, 7) is 1.91. The largest absolute Gasteiger partial charge is 0.320 e. The number of fused-ring (bicyclic) bond motifs is 1. The summed E-state index contributed by atoms with van der Waals surface area (Å²) in [6.07, 6.45) is -2.25. The molecule has 1 aliphatic heterocycles. The van der Waals surface area contributed by atoms with Crippen LogP contribution in [-0.2, 0) is 11.2 Å². The zero-order valence-electron chi connectivity index (χ0n) is 12.7. The molecule has 2 aromatic carbocycles. The first-order valence-electron chi connectivity index (χ1n) is 7.53. The summed E-state index contributed by atoms with van der Waals surface area (Å²) in [5.41, 5.74) is 8.23. The Kier molecular flexibility index (Phi) is 4.13. The van der Waals surface area contributed by atoms with Gasteiger partial charge < -0.3 is 10.6 Å². The Hall–Kier alpha value is -2.27. The molecule has 2 aromatic rings. The van der Waals surface area contributed by atoms with E-state index in [1.807, 2.05) is 37.3 Å². The van der Waals surface area contributed by atoms with Crippen molar-refractivity contribution in [1.82, 2.24) is 0 Å². The van der Waals surface area contributed by atoms with Gasteiger partial charge in [0.05, 0.1) is 12.1 Å². The molecule has 0 radical (unpaired) electrons. The third-order valence-corrected chi connectivity index (χ3v) is 4.28. The predicted molar refractivity (Wildman–Crippen MR) is 85.4 cm³/mol. The maximum absolute atomic E-state index is 12.9. The summed E-state index contributed by atoms with van der Waals surface area (Å²) >= 11 is 0. The van der Waals surface area contributed by atoms with Crippen molar-refractivity contribution in [3.8, 4) is 0 Å². The maximum atomic E-state index is 12.9. The maximum Gasteiger partial charge on any atom is 0.263 e. The molecule has 1 heterocycles. The summed E-state index contributed by atoms with van der Waals surface area (Å²) < 4.78 is 25.8. The topological polar surface area (TPSA) is 46.3 Å². The van der Waals surface area contributed by atoms with Crippen molar-refractivity contribution in [1.29, 1.82) is 0 Å². The number of halogens is 2. The van der Waals surface area contributed by atoms with Crippen LogP contribution in [0.3, 0.4) is 0 Å². The molecule has 0 spiro atoms. The summed E-state index contributed by atoms with van der Waals surface area (Å²) in [5.74, 6) is -0.182. The van der Waals surface area contributed by atoms with Crippen LogP contribution in [0, 0.1) is 0 Å². The monoisotopic (exact) mass is 316 g/mol. The highest BCUT2D eigenvalue weighted by Gasteiger charge is 2.34. The Morgan fingerprint density at radius 2 is 1.83 bits per heavy atom. The number of benzene rings is 2.